The summed E-state index contributed by atoms with van der Waals surface area (Å²) in [6.45, 7) is -0.836. The molecule has 7 nitrogen and oxygen atoms in total. The van der Waals surface area contributed by atoms with Crippen molar-refractivity contribution in [2.75, 3.05) is 18.5 Å². The van der Waals surface area contributed by atoms with Crippen LogP contribution in [0, 0.1) is 5.92 Å². The van der Waals surface area contributed by atoms with Crippen LogP contribution < -0.4 is 10.6 Å². The van der Waals surface area contributed by atoms with E-state index in [9.17, 15) is 22.8 Å². The van der Waals surface area contributed by atoms with Gasteiger partial charge in [0.15, 0.2) is 0 Å². The van der Waals surface area contributed by atoms with Crippen molar-refractivity contribution in [3.63, 3.8) is 0 Å². The Labute approximate surface area is 183 Å². The number of nitrogens with one attached hydrogen (secondary N) is 2. The molecule has 32 heavy (non-hydrogen) atoms. The van der Waals surface area contributed by atoms with E-state index in [4.69, 9.17) is 4.74 Å². The quantitative estimate of drug-likeness (QED) is 0.687. The molecule has 2 heterocycles. The molecule has 0 spiro atoms. The maximum Gasteiger partial charge on any atom is 0.405 e. The molecule has 1 saturated heterocycles. The van der Waals surface area contributed by atoms with E-state index < -0.39 is 18.6 Å². The number of aryl methyl sites for hydroxylation is 1. The summed E-state index contributed by atoms with van der Waals surface area (Å²) < 4.78 is 45.4. The molecule has 2 aromatic rings. The minimum absolute atomic E-state index is 0.0298. The van der Waals surface area contributed by atoms with Crippen molar-refractivity contribution in [3.05, 3.63) is 23.5 Å². The normalized spacial score (nSPS) is 19.6. The van der Waals surface area contributed by atoms with Crippen LogP contribution in [0.15, 0.2) is 12.1 Å². The molecule has 1 aromatic carbocycles. The van der Waals surface area contributed by atoms with Gasteiger partial charge in [0.1, 0.15) is 18.5 Å². The smallest absolute Gasteiger partial charge is 0.370 e. The number of carbonyl (C=O) groups excluding carboxylic acids is 2. The highest BCUT2D eigenvalue weighted by atomic mass is 19.4. The van der Waals surface area contributed by atoms with E-state index >= 15 is 0 Å². The average Bonchev–Trinajstić information content (AvgIpc) is 3.47. The highest BCUT2D eigenvalue weighted by Crippen LogP contribution is 2.33. The van der Waals surface area contributed by atoms with Crippen LogP contribution in [0.2, 0.25) is 0 Å². The Balaban J connectivity index is 1.66. The number of aromatic nitrogens is 2. The predicted molar refractivity (Wildman–Crippen MR) is 112 cm³/mol. The third-order valence-corrected chi connectivity index (χ3v) is 6.15. The van der Waals surface area contributed by atoms with Gasteiger partial charge in [0.25, 0.3) is 5.91 Å². The second-order valence-corrected chi connectivity index (χ2v) is 8.62. The summed E-state index contributed by atoms with van der Waals surface area (Å²) in [7, 11) is 1.71. The number of benzene rings is 1. The minimum atomic E-state index is -4.53. The Morgan fingerprint density at radius 1 is 1.19 bits per heavy atom. The number of rotatable bonds is 6. The Kier molecular flexibility index (Phi) is 6.41. The second kappa shape index (κ2) is 9.09. The van der Waals surface area contributed by atoms with Gasteiger partial charge < -0.3 is 19.9 Å². The van der Waals surface area contributed by atoms with Crippen LogP contribution in [-0.4, -0.2) is 40.7 Å². The van der Waals surface area contributed by atoms with E-state index in [1.54, 1.807) is 17.7 Å². The van der Waals surface area contributed by atoms with Crippen LogP contribution in [0.3, 0.4) is 0 Å². The zero-order valence-electron chi connectivity index (χ0n) is 17.9. The number of halogens is 3. The first-order chi connectivity index (χ1) is 15.2. The molecule has 10 heteroatoms. The third-order valence-electron chi connectivity index (χ3n) is 6.15. The number of nitrogens with zero attached hydrogens (tertiary/aromatic N) is 2. The van der Waals surface area contributed by atoms with Gasteiger partial charge in [-0.25, -0.2) is 4.98 Å². The van der Waals surface area contributed by atoms with Gasteiger partial charge in [0, 0.05) is 25.8 Å². The molecule has 2 N–H and O–H groups in total. The van der Waals surface area contributed by atoms with E-state index in [2.05, 4.69) is 10.3 Å². The van der Waals surface area contributed by atoms with Gasteiger partial charge in [-0.05, 0) is 43.7 Å². The summed E-state index contributed by atoms with van der Waals surface area (Å²) in [5.74, 6) is -0.0969. The number of hydrogen-bond acceptors (Lipinski definition) is 4. The van der Waals surface area contributed by atoms with E-state index in [0.29, 0.717) is 41.5 Å². The molecule has 2 amide bonds. The summed E-state index contributed by atoms with van der Waals surface area (Å²) in [6.07, 6.45) is 1.55. The molecule has 1 unspecified atom stereocenters. The number of hydrogen-bond donors (Lipinski definition) is 2. The molecule has 1 atom stereocenters. The largest absolute Gasteiger partial charge is 0.405 e. The third kappa shape index (κ3) is 5.06. The molecule has 4 rings (SSSR count). The molecule has 174 valence electrons. The fourth-order valence-electron chi connectivity index (χ4n) is 4.65. The lowest BCUT2D eigenvalue weighted by atomic mass is 10.0. The van der Waals surface area contributed by atoms with Gasteiger partial charge >= 0.3 is 6.18 Å². The number of carbonyl (C=O) groups is 2. The van der Waals surface area contributed by atoms with Crippen LogP contribution in [0.1, 0.15) is 67.2 Å². The van der Waals surface area contributed by atoms with Gasteiger partial charge in [0.05, 0.1) is 16.6 Å². The number of alkyl halides is 3. The number of anilines is 1. The monoisotopic (exact) mass is 452 g/mol. The van der Waals surface area contributed by atoms with Gasteiger partial charge in [-0.2, -0.15) is 13.2 Å². The summed E-state index contributed by atoms with van der Waals surface area (Å²) in [5, 5.41) is 4.73. The summed E-state index contributed by atoms with van der Waals surface area (Å²) in [6, 6.07) is 3.07. The van der Waals surface area contributed by atoms with E-state index in [-0.39, 0.29) is 17.6 Å². The number of ether oxygens (including phenoxy) is 1. The van der Waals surface area contributed by atoms with Crippen LogP contribution >= 0.6 is 0 Å². The molecule has 1 aromatic heterocycles. The van der Waals surface area contributed by atoms with Crippen molar-refractivity contribution < 1.29 is 27.5 Å². The molecule has 2 fully saturated rings. The maximum atomic E-state index is 12.7. The fraction of sp³-hybridized carbons (Fsp3) is 0.591. The first-order valence-electron chi connectivity index (χ1n) is 11.0. The molecule has 1 aliphatic carbocycles. The van der Waals surface area contributed by atoms with Gasteiger partial charge in [-0.3, -0.25) is 9.59 Å². The van der Waals surface area contributed by atoms with Crippen molar-refractivity contribution in [3.8, 4) is 0 Å². The van der Waals surface area contributed by atoms with Gasteiger partial charge in [-0.1, -0.05) is 12.8 Å². The van der Waals surface area contributed by atoms with Crippen LogP contribution in [0.4, 0.5) is 18.9 Å². The summed E-state index contributed by atoms with van der Waals surface area (Å²) in [4.78, 5) is 29.8. The summed E-state index contributed by atoms with van der Waals surface area (Å²) >= 11 is 0. The zero-order valence-corrected chi connectivity index (χ0v) is 17.9. The Morgan fingerprint density at radius 3 is 2.59 bits per heavy atom. The predicted octanol–water partition coefficient (Wildman–Crippen LogP) is 4.24. The first-order valence-corrected chi connectivity index (χ1v) is 11.0. The van der Waals surface area contributed by atoms with Crippen molar-refractivity contribution in [1.29, 1.82) is 0 Å². The highest BCUT2D eigenvalue weighted by Gasteiger charge is 2.30. The Morgan fingerprint density at radius 2 is 1.94 bits per heavy atom. The Hall–Kier alpha value is -2.62. The van der Waals surface area contributed by atoms with Gasteiger partial charge in [-0.15, -0.1) is 0 Å². The highest BCUT2D eigenvalue weighted by molar-refractivity contribution is 6.07. The van der Waals surface area contributed by atoms with E-state index in [0.717, 1.165) is 38.5 Å². The molecule has 0 radical (unpaired) electrons. The topological polar surface area (TPSA) is 85.2 Å². The molecular formula is C22H27F3N4O3. The van der Waals surface area contributed by atoms with Crippen molar-refractivity contribution in [1.82, 2.24) is 14.9 Å². The number of imidazole rings is 1. The first kappa shape index (κ1) is 22.6. The molecular weight excluding hydrogens is 425 g/mol. The molecule has 1 aliphatic heterocycles. The summed E-state index contributed by atoms with van der Waals surface area (Å²) in [5.41, 5.74) is 1.20. The lowest BCUT2D eigenvalue weighted by Gasteiger charge is -2.14. The zero-order chi connectivity index (χ0) is 22.9. The molecule has 1 saturated carbocycles. The van der Waals surface area contributed by atoms with Crippen LogP contribution in [0.5, 0.6) is 0 Å². The lowest BCUT2D eigenvalue weighted by Crippen LogP contribution is -2.34. The lowest BCUT2D eigenvalue weighted by molar-refractivity contribution is -0.123. The van der Waals surface area contributed by atoms with Crippen LogP contribution in [-0.2, 0) is 16.6 Å². The van der Waals surface area contributed by atoms with Crippen LogP contribution in [0.25, 0.3) is 11.0 Å². The van der Waals surface area contributed by atoms with E-state index in [1.165, 1.54) is 6.07 Å². The van der Waals surface area contributed by atoms with Crippen molar-refractivity contribution in [2.24, 2.45) is 13.0 Å². The Bertz CT molecular complexity index is 1010. The van der Waals surface area contributed by atoms with Crippen molar-refractivity contribution >= 4 is 28.5 Å². The second-order valence-electron chi connectivity index (χ2n) is 8.62. The molecule has 2 aliphatic rings. The van der Waals surface area contributed by atoms with Gasteiger partial charge in [0.2, 0.25) is 5.91 Å². The fourth-order valence-corrected chi connectivity index (χ4v) is 4.65. The minimum Gasteiger partial charge on any atom is -0.370 e. The average molecular weight is 452 g/mol. The van der Waals surface area contributed by atoms with Crippen molar-refractivity contribution in [2.45, 2.75) is 57.2 Å². The number of fused-ring (bicyclic) bond motifs is 1. The number of amides is 2. The SMILES string of the molecule is Cn1c(C2CCCO2)nc2cc(NC(=O)CC3CCCC3)cc(C(=O)NCC(F)(F)F)c21. The van der Waals surface area contributed by atoms with E-state index in [1.807, 2.05) is 5.32 Å². The molecule has 0 bridgehead atoms. The standard InChI is InChI=1S/C22H27F3N4O3/c1-29-19-15(21(31)26-12-22(23,24)25)10-14(27-18(30)9-13-5-2-3-6-13)11-16(19)28-20(29)17-7-4-8-32-17/h10-11,13,17H,2-9,12H2,1H3,(H,26,31)(H,27,30). The maximum absolute atomic E-state index is 12.7.